The fourth-order valence-electron chi connectivity index (χ4n) is 1.96. The molecular formula is C13H19N3O4. The number of primary amides is 1. The zero-order valence-electron chi connectivity index (χ0n) is 11.6. The molecule has 0 spiro atoms. The van der Waals surface area contributed by atoms with Gasteiger partial charge < -0.3 is 15.7 Å². The SMILES string of the molecule is CC(C)CN(CC(N)=O)c1ccc(CO)cc1[N+](=O)[O-]. The summed E-state index contributed by atoms with van der Waals surface area (Å²) in [7, 11) is 0. The highest BCUT2D eigenvalue weighted by atomic mass is 16.6. The summed E-state index contributed by atoms with van der Waals surface area (Å²) >= 11 is 0. The van der Waals surface area contributed by atoms with Gasteiger partial charge in [0.25, 0.3) is 5.69 Å². The number of rotatable bonds is 7. The number of carbonyl (C=O) groups is 1. The fraction of sp³-hybridized carbons (Fsp3) is 0.462. The molecule has 0 heterocycles. The number of nitrogens with zero attached hydrogens (tertiary/aromatic N) is 2. The molecule has 0 fully saturated rings. The molecule has 1 aromatic rings. The Labute approximate surface area is 117 Å². The summed E-state index contributed by atoms with van der Waals surface area (Å²) in [6, 6.07) is 4.44. The Morgan fingerprint density at radius 3 is 2.60 bits per heavy atom. The van der Waals surface area contributed by atoms with Gasteiger partial charge in [-0.2, -0.15) is 0 Å². The number of carbonyl (C=O) groups excluding carboxylic acids is 1. The van der Waals surface area contributed by atoms with E-state index in [1.165, 1.54) is 12.1 Å². The first-order valence-corrected chi connectivity index (χ1v) is 6.26. The van der Waals surface area contributed by atoms with Crippen LogP contribution in [0.15, 0.2) is 18.2 Å². The average Bonchev–Trinajstić information content (AvgIpc) is 2.36. The molecule has 0 aliphatic rings. The molecule has 0 aromatic heterocycles. The Balaban J connectivity index is 3.23. The number of aliphatic hydroxyl groups is 1. The van der Waals surface area contributed by atoms with Gasteiger partial charge in [-0.15, -0.1) is 0 Å². The Kier molecular flexibility index (Phi) is 5.45. The maximum Gasteiger partial charge on any atom is 0.292 e. The number of hydrogen-bond acceptors (Lipinski definition) is 5. The highest BCUT2D eigenvalue weighted by Crippen LogP contribution is 2.29. The van der Waals surface area contributed by atoms with Gasteiger partial charge in [0.2, 0.25) is 5.91 Å². The maximum absolute atomic E-state index is 11.1. The molecule has 7 nitrogen and oxygen atoms in total. The number of amides is 1. The van der Waals surface area contributed by atoms with Crippen molar-refractivity contribution in [2.75, 3.05) is 18.0 Å². The summed E-state index contributed by atoms with van der Waals surface area (Å²) in [5, 5.41) is 20.2. The van der Waals surface area contributed by atoms with Crippen LogP contribution in [-0.4, -0.2) is 29.0 Å². The smallest absolute Gasteiger partial charge is 0.292 e. The molecule has 0 aliphatic carbocycles. The van der Waals surface area contributed by atoms with Gasteiger partial charge in [0.15, 0.2) is 0 Å². The van der Waals surface area contributed by atoms with E-state index in [2.05, 4.69) is 0 Å². The third-order valence-corrected chi connectivity index (χ3v) is 2.69. The van der Waals surface area contributed by atoms with Crippen LogP contribution in [0.4, 0.5) is 11.4 Å². The second kappa shape index (κ2) is 6.85. The van der Waals surface area contributed by atoms with Gasteiger partial charge in [-0.25, -0.2) is 0 Å². The molecule has 1 amide bonds. The van der Waals surface area contributed by atoms with Crippen LogP contribution in [0.3, 0.4) is 0 Å². The Bertz CT molecular complexity index is 502. The first-order chi connectivity index (χ1) is 9.35. The predicted octanol–water partition coefficient (Wildman–Crippen LogP) is 1.03. The maximum atomic E-state index is 11.1. The number of aliphatic hydroxyl groups excluding tert-OH is 1. The van der Waals surface area contributed by atoms with Crippen LogP contribution in [0.2, 0.25) is 0 Å². The molecule has 0 atom stereocenters. The van der Waals surface area contributed by atoms with Crippen molar-refractivity contribution >= 4 is 17.3 Å². The minimum absolute atomic E-state index is 0.0858. The van der Waals surface area contributed by atoms with Crippen LogP contribution < -0.4 is 10.6 Å². The lowest BCUT2D eigenvalue weighted by Crippen LogP contribution is -2.36. The lowest BCUT2D eigenvalue weighted by atomic mass is 10.1. The third-order valence-electron chi connectivity index (χ3n) is 2.69. The van der Waals surface area contributed by atoms with E-state index >= 15 is 0 Å². The van der Waals surface area contributed by atoms with Crippen molar-refractivity contribution < 1.29 is 14.8 Å². The Hall–Kier alpha value is -2.15. The van der Waals surface area contributed by atoms with Crippen LogP contribution in [0.5, 0.6) is 0 Å². The molecule has 1 aromatic carbocycles. The van der Waals surface area contributed by atoms with Gasteiger partial charge in [-0.05, 0) is 17.5 Å². The van der Waals surface area contributed by atoms with E-state index in [1.807, 2.05) is 13.8 Å². The summed E-state index contributed by atoms with van der Waals surface area (Å²) in [5.41, 5.74) is 5.84. The molecule has 0 aliphatic heterocycles. The number of nitro groups is 1. The lowest BCUT2D eigenvalue weighted by Gasteiger charge is -2.25. The van der Waals surface area contributed by atoms with Gasteiger partial charge in [0.05, 0.1) is 18.1 Å². The zero-order chi connectivity index (χ0) is 15.3. The van der Waals surface area contributed by atoms with Crippen molar-refractivity contribution in [3.8, 4) is 0 Å². The van der Waals surface area contributed by atoms with E-state index in [4.69, 9.17) is 10.8 Å². The molecule has 0 unspecified atom stereocenters. The summed E-state index contributed by atoms with van der Waals surface area (Å²) in [6.07, 6.45) is 0. The minimum atomic E-state index is -0.550. The average molecular weight is 281 g/mol. The van der Waals surface area contributed by atoms with E-state index in [-0.39, 0.29) is 24.8 Å². The van der Waals surface area contributed by atoms with Crippen molar-refractivity contribution in [3.05, 3.63) is 33.9 Å². The van der Waals surface area contributed by atoms with Crippen LogP contribution in [-0.2, 0) is 11.4 Å². The summed E-state index contributed by atoms with van der Waals surface area (Å²) in [6.45, 7) is 4.00. The quantitative estimate of drug-likeness (QED) is 0.573. The third kappa shape index (κ3) is 4.20. The van der Waals surface area contributed by atoms with Crippen molar-refractivity contribution in [3.63, 3.8) is 0 Å². The van der Waals surface area contributed by atoms with Crippen LogP contribution in [0.1, 0.15) is 19.4 Å². The molecule has 7 heteroatoms. The molecule has 0 radical (unpaired) electrons. The van der Waals surface area contributed by atoms with E-state index in [1.54, 1.807) is 11.0 Å². The molecule has 0 bridgehead atoms. The number of nitrogens with two attached hydrogens (primary N) is 1. The van der Waals surface area contributed by atoms with E-state index in [0.717, 1.165) is 0 Å². The second-order valence-corrected chi connectivity index (χ2v) is 4.98. The van der Waals surface area contributed by atoms with Crippen molar-refractivity contribution in [1.82, 2.24) is 0 Å². The highest BCUT2D eigenvalue weighted by Gasteiger charge is 2.21. The second-order valence-electron chi connectivity index (χ2n) is 4.98. The normalized spacial score (nSPS) is 10.6. The van der Waals surface area contributed by atoms with Gasteiger partial charge in [0, 0.05) is 12.6 Å². The first-order valence-electron chi connectivity index (χ1n) is 6.26. The standard InChI is InChI=1S/C13H19N3O4/c1-9(2)6-15(7-13(14)18)11-4-3-10(8-17)5-12(11)16(19)20/h3-5,9,17H,6-8H2,1-2H3,(H2,14,18). The molecular weight excluding hydrogens is 262 g/mol. The van der Waals surface area contributed by atoms with Gasteiger partial charge in [-0.3, -0.25) is 14.9 Å². The van der Waals surface area contributed by atoms with Crippen molar-refractivity contribution in [1.29, 1.82) is 0 Å². The van der Waals surface area contributed by atoms with Crippen LogP contribution in [0, 0.1) is 16.0 Å². The monoisotopic (exact) mass is 281 g/mol. The van der Waals surface area contributed by atoms with Crippen LogP contribution in [0.25, 0.3) is 0 Å². The zero-order valence-corrected chi connectivity index (χ0v) is 11.6. The number of hydrogen-bond donors (Lipinski definition) is 2. The lowest BCUT2D eigenvalue weighted by molar-refractivity contribution is -0.384. The largest absolute Gasteiger partial charge is 0.392 e. The summed E-state index contributed by atoms with van der Waals surface area (Å²) in [5.74, 6) is -0.336. The molecule has 110 valence electrons. The molecule has 3 N–H and O–H groups in total. The van der Waals surface area contributed by atoms with Gasteiger partial charge in [0.1, 0.15) is 5.69 Å². The molecule has 0 saturated heterocycles. The topological polar surface area (TPSA) is 110 Å². The summed E-state index contributed by atoms with van der Waals surface area (Å²) < 4.78 is 0. The summed E-state index contributed by atoms with van der Waals surface area (Å²) in [4.78, 5) is 23.4. The predicted molar refractivity (Wildman–Crippen MR) is 75.3 cm³/mol. The van der Waals surface area contributed by atoms with E-state index in [0.29, 0.717) is 17.8 Å². The number of benzene rings is 1. The molecule has 20 heavy (non-hydrogen) atoms. The van der Waals surface area contributed by atoms with Gasteiger partial charge in [-0.1, -0.05) is 19.9 Å². The fourth-order valence-corrected chi connectivity index (χ4v) is 1.96. The van der Waals surface area contributed by atoms with E-state index < -0.39 is 10.8 Å². The highest BCUT2D eigenvalue weighted by molar-refractivity contribution is 5.81. The van der Waals surface area contributed by atoms with Crippen LogP contribution >= 0.6 is 0 Å². The molecule has 1 rings (SSSR count). The van der Waals surface area contributed by atoms with E-state index in [9.17, 15) is 14.9 Å². The van der Waals surface area contributed by atoms with Crippen molar-refractivity contribution in [2.24, 2.45) is 11.7 Å². The molecule has 0 saturated carbocycles. The Morgan fingerprint density at radius 1 is 1.50 bits per heavy atom. The minimum Gasteiger partial charge on any atom is -0.392 e. The number of nitro benzene ring substituents is 1. The van der Waals surface area contributed by atoms with Crippen molar-refractivity contribution in [2.45, 2.75) is 20.5 Å². The van der Waals surface area contributed by atoms with Gasteiger partial charge >= 0.3 is 0 Å². The first kappa shape index (κ1) is 15.9. The number of anilines is 1. The Morgan fingerprint density at radius 2 is 2.15 bits per heavy atom.